The highest BCUT2D eigenvalue weighted by molar-refractivity contribution is 7.89. The van der Waals surface area contributed by atoms with E-state index in [9.17, 15) is 17.9 Å². The molecule has 26 heavy (non-hydrogen) atoms. The Balaban J connectivity index is 1.91. The smallest absolute Gasteiger partial charge is 0.240 e. The monoisotopic (exact) mass is 375 g/mol. The molecule has 1 fully saturated rings. The summed E-state index contributed by atoms with van der Waals surface area (Å²) in [7, 11) is -3.76. The third-order valence-corrected chi connectivity index (χ3v) is 6.01. The molecule has 2 aromatic rings. The highest BCUT2D eigenvalue weighted by Gasteiger charge is 2.30. The second kappa shape index (κ2) is 7.11. The van der Waals surface area contributed by atoms with E-state index in [0.29, 0.717) is 29.7 Å². The summed E-state index contributed by atoms with van der Waals surface area (Å²) in [5, 5.41) is 18.7. The molecule has 0 bridgehead atoms. The van der Waals surface area contributed by atoms with Crippen molar-refractivity contribution >= 4 is 10.0 Å². The number of aryl methyl sites for hydroxylation is 1. The van der Waals surface area contributed by atoms with E-state index < -0.39 is 28.0 Å². The fourth-order valence-corrected chi connectivity index (χ4v) is 4.50. The van der Waals surface area contributed by atoms with Crippen LogP contribution in [0.15, 0.2) is 35.2 Å². The van der Waals surface area contributed by atoms with E-state index in [0.717, 1.165) is 12.5 Å². The first-order valence-corrected chi connectivity index (χ1v) is 9.68. The molecule has 0 amide bonds. The van der Waals surface area contributed by atoms with Crippen molar-refractivity contribution in [2.75, 3.05) is 0 Å². The average Bonchev–Trinajstić information content (AvgIpc) is 2.99. The number of sulfonamides is 1. The van der Waals surface area contributed by atoms with Gasteiger partial charge in [-0.3, -0.25) is 0 Å². The molecule has 0 saturated heterocycles. The number of rotatable bonds is 4. The molecule has 2 atom stereocenters. The van der Waals surface area contributed by atoms with Crippen LogP contribution in [0.4, 0.5) is 4.39 Å². The lowest BCUT2D eigenvalue weighted by molar-refractivity contribution is 0.159. The quantitative estimate of drug-likeness (QED) is 0.853. The summed E-state index contributed by atoms with van der Waals surface area (Å²) in [6.07, 6.45) is 1.30. The molecule has 1 saturated carbocycles. The minimum atomic E-state index is -3.76. The molecule has 6 nitrogen and oxygen atoms in total. The maximum atomic E-state index is 13.4. The summed E-state index contributed by atoms with van der Waals surface area (Å²) >= 11 is 0. The summed E-state index contributed by atoms with van der Waals surface area (Å²) in [5.41, 5.74) is 1.32. The van der Waals surface area contributed by atoms with E-state index in [-0.39, 0.29) is 10.6 Å². The van der Waals surface area contributed by atoms with Gasteiger partial charge >= 0.3 is 0 Å². The first-order valence-electron chi connectivity index (χ1n) is 8.20. The Morgan fingerprint density at radius 2 is 2.08 bits per heavy atom. The standard InChI is InChI=1S/C18H18FN3O3S/c1-11-9-12(26(24,25)22-16-3-2-4-18(16)23)5-6-13(11)15-8-7-14(19)17(10-20)21-15/h5-9,16,18,22-23H,2-4H2,1H3/t16-,18+/m1/s1. The largest absolute Gasteiger partial charge is 0.391 e. The number of nitrogens with zero attached hydrogens (tertiary/aromatic N) is 2. The molecule has 0 radical (unpaired) electrons. The van der Waals surface area contributed by atoms with Gasteiger partial charge in [-0.15, -0.1) is 0 Å². The van der Waals surface area contributed by atoms with Crippen LogP contribution in [0.25, 0.3) is 11.3 Å². The van der Waals surface area contributed by atoms with Crippen molar-refractivity contribution in [2.45, 2.75) is 43.2 Å². The Hall–Kier alpha value is -2.34. The van der Waals surface area contributed by atoms with Crippen molar-refractivity contribution in [3.8, 4) is 17.3 Å². The maximum absolute atomic E-state index is 13.4. The van der Waals surface area contributed by atoms with Crippen molar-refractivity contribution in [1.82, 2.24) is 9.71 Å². The van der Waals surface area contributed by atoms with Crippen molar-refractivity contribution < 1.29 is 17.9 Å². The van der Waals surface area contributed by atoms with Gasteiger partial charge in [0, 0.05) is 11.6 Å². The zero-order valence-corrected chi connectivity index (χ0v) is 14.9. The van der Waals surface area contributed by atoms with E-state index in [2.05, 4.69) is 9.71 Å². The highest BCUT2D eigenvalue weighted by atomic mass is 32.2. The summed E-state index contributed by atoms with van der Waals surface area (Å²) in [5.74, 6) is -0.701. The topological polar surface area (TPSA) is 103 Å². The molecule has 2 N–H and O–H groups in total. The Bertz CT molecular complexity index is 986. The van der Waals surface area contributed by atoms with Crippen LogP contribution in [0.5, 0.6) is 0 Å². The number of hydrogen-bond acceptors (Lipinski definition) is 5. The van der Waals surface area contributed by atoms with Gasteiger partial charge in [0.25, 0.3) is 0 Å². The van der Waals surface area contributed by atoms with Gasteiger partial charge in [-0.2, -0.15) is 5.26 Å². The molecular formula is C18H18FN3O3S. The lowest BCUT2D eigenvalue weighted by Gasteiger charge is -2.17. The average molecular weight is 375 g/mol. The Labute approximate surface area is 151 Å². The summed E-state index contributed by atoms with van der Waals surface area (Å²) < 4.78 is 41.1. The molecule has 0 aliphatic heterocycles. The van der Waals surface area contributed by atoms with Crippen LogP contribution < -0.4 is 4.72 Å². The van der Waals surface area contributed by atoms with E-state index in [1.165, 1.54) is 18.2 Å². The third-order valence-electron chi connectivity index (χ3n) is 4.52. The minimum absolute atomic E-state index is 0.0838. The molecule has 8 heteroatoms. The third kappa shape index (κ3) is 3.60. The number of aliphatic hydroxyl groups is 1. The van der Waals surface area contributed by atoms with Crippen LogP contribution in [0.3, 0.4) is 0 Å². The van der Waals surface area contributed by atoms with E-state index in [1.807, 2.05) is 0 Å². The van der Waals surface area contributed by atoms with E-state index in [4.69, 9.17) is 5.26 Å². The second-order valence-electron chi connectivity index (χ2n) is 6.34. The van der Waals surface area contributed by atoms with Gasteiger partial charge in [0.1, 0.15) is 6.07 Å². The predicted octanol–water partition coefficient (Wildman–Crippen LogP) is 2.26. The van der Waals surface area contributed by atoms with E-state index >= 15 is 0 Å². The number of pyridine rings is 1. The normalized spacial score (nSPS) is 20.1. The SMILES string of the molecule is Cc1cc(S(=O)(=O)N[C@@H]2CCC[C@@H]2O)ccc1-c1ccc(F)c(C#N)n1. The molecule has 1 aromatic heterocycles. The van der Waals surface area contributed by atoms with Crippen LogP contribution >= 0.6 is 0 Å². The molecule has 3 rings (SSSR count). The van der Waals surface area contributed by atoms with Gasteiger partial charge < -0.3 is 5.11 Å². The molecule has 1 heterocycles. The highest BCUT2D eigenvalue weighted by Crippen LogP contribution is 2.26. The van der Waals surface area contributed by atoms with Gasteiger partial charge in [0.05, 0.1) is 16.7 Å². The van der Waals surface area contributed by atoms with Crippen LogP contribution in [0.1, 0.15) is 30.5 Å². The number of aromatic nitrogens is 1. The first kappa shape index (κ1) is 18.5. The summed E-state index contributed by atoms with van der Waals surface area (Å²) in [6.45, 7) is 1.72. The van der Waals surface area contributed by atoms with Gasteiger partial charge in [0.15, 0.2) is 11.5 Å². The zero-order chi connectivity index (χ0) is 18.9. The fraction of sp³-hybridized carbons (Fsp3) is 0.333. The first-order chi connectivity index (χ1) is 12.3. The van der Waals surface area contributed by atoms with Crippen LogP contribution in [0.2, 0.25) is 0 Å². The van der Waals surface area contributed by atoms with Crippen molar-refractivity contribution in [3.05, 3.63) is 47.4 Å². The van der Waals surface area contributed by atoms with E-state index in [1.54, 1.807) is 19.1 Å². The number of halogens is 1. The summed E-state index contributed by atoms with van der Waals surface area (Å²) in [6, 6.07) is 8.33. The van der Waals surface area contributed by atoms with Crippen LogP contribution in [0, 0.1) is 24.1 Å². The van der Waals surface area contributed by atoms with Gasteiger partial charge in [-0.25, -0.2) is 22.5 Å². The number of benzene rings is 1. The molecule has 1 aliphatic rings. The van der Waals surface area contributed by atoms with Gasteiger partial charge in [0.2, 0.25) is 10.0 Å². The zero-order valence-electron chi connectivity index (χ0n) is 14.1. The lowest BCUT2D eigenvalue weighted by atomic mass is 10.1. The van der Waals surface area contributed by atoms with Crippen molar-refractivity contribution in [2.24, 2.45) is 0 Å². The maximum Gasteiger partial charge on any atom is 0.240 e. The molecule has 1 aromatic carbocycles. The summed E-state index contributed by atoms with van der Waals surface area (Å²) in [4.78, 5) is 4.06. The number of aliphatic hydroxyl groups excluding tert-OH is 1. The van der Waals surface area contributed by atoms with Crippen molar-refractivity contribution in [3.63, 3.8) is 0 Å². The Morgan fingerprint density at radius 1 is 1.31 bits per heavy atom. The number of nitrogens with one attached hydrogen (secondary N) is 1. The number of nitriles is 1. The molecule has 0 spiro atoms. The fourth-order valence-electron chi connectivity index (χ4n) is 3.11. The van der Waals surface area contributed by atoms with Crippen LogP contribution in [-0.4, -0.2) is 30.7 Å². The second-order valence-corrected chi connectivity index (χ2v) is 8.06. The molecular weight excluding hydrogens is 357 g/mol. The van der Waals surface area contributed by atoms with Crippen molar-refractivity contribution in [1.29, 1.82) is 5.26 Å². The number of hydrogen-bond donors (Lipinski definition) is 2. The predicted molar refractivity (Wildman–Crippen MR) is 93.1 cm³/mol. The molecule has 0 unspecified atom stereocenters. The van der Waals surface area contributed by atoms with Gasteiger partial charge in [-0.1, -0.05) is 6.07 Å². The Kier molecular flexibility index (Phi) is 5.05. The lowest BCUT2D eigenvalue weighted by Crippen LogP contribution is -2.39. The van der Waals surface area contributed by atoms with Crippen LogP contribution in [-0.2, 0) is 10.0 Å². The van der Waals surface area contributed by atoms with Gasteiger partial charge in [-0.05, 0) is 56.0 Å². The minimum Gasteiger partial charge on any atom is -0.391 e. The molecule has 136 valence electrons. The molecule has 1 aliphatic carbocycles. The Morgan fingerprint density at radius 3 is 2.69 bits per heavy atom.